The second-order valence-corrected chi connectivity index (χ2v) is 6.44. The Morgan fingerprint density at radius 3 is 2.58 bits per heavy atom. The van der Waals surface area contributed by atoms with Crippen molar-refractivity contribution < 1.29 is 0 Å². The van der Waals surface area contributed by atoms with Gasteiger partial charge in [0.15, 0.2) is 0 Å². The highest BCUT2D eigenvalue weighted by Crippen LogP contribution is 2.34. The van der Waals surface area contributed by atoms with Gasteiger partial charge in [-0.3, -0.25) is 4.90 Å². The minimum Gasteiger partial charge on any atom is -0.294 e. The SMILES string of the molecule is Cc1ccc(CN2CCC(CC#N)CC2(C)C)cc1. The number of piperidine rings is 1. The van der Waals surface area contributed by atoms with E-state index < -0.39 is 0 Å². The molecule has 1 fully saturated rings. The molecule has 1 unspecified atom stereocenters. The fourth-order valence-corrected chi connectivity index (χ4v) is 3.09. The Morgan fingerprint density at radius 2 is 2.00 bits per heavy atom. The maximum absolute atomic E-state index is 8.85. The summed E-state index contributed by atoms with van der Waals surface area (Å²) in [5.41, 5.74) is 2.90. The normalized spacial score (nSPS) is 22.9. The second kappa shape index (κ2) is 5.75. The molecular formula is C17H24N2. The predicted octanol–water partition coefficient (Wildman–Crippen LogP) is 3.90. The third-order valence-electron chi connectivity index (χ3n) is 4.33. The van der Waals surface area contributed by atoms with Crippen molar-refractivity contribution in [1.29, 1.82) is 5.26 Å². The van der Waals surface area contributed by atoms with Crippen LogP contribution in [0.25, 0.3) is 0 Å². The quantitative estimate of drug-likeness (QED) is 0.820. The first-order chi connectivity index (χ1) is 9.01. The van der Waals surface area contributed by atoms with Gasteiger partial charge < -0.3 is 0 Å². The lowest BCUT2D eigenvalue weighted by molar-refractivity contribution is 0.0407. The van der Waals surface area contributed by atoms with Gasteiger partial charge in [0.25, 0.3) is 0 Å². The molecule has 0 N–H and O–H groups in total. The molecular weight excluding hydrogens is 232 g/mol. The Labute approximate surface area is 117 Å². The number of hydrogen-bond acceptors (Lipinski definition) is 2. The molecule has 0 aliphatic carbocycles. The highest BCUT2D eigenvalue weighted by molar-refractivity contribution is 5.21. The minimum absolute atomic E-state index is 0.199. The van der Waals surface area contributed by atoms with Gasteiger partial charge in [-0.1, -0.05) is 29.8 Å². The van der Waals surface area contributed by atoms with Crippen molar-refractivity contribution in [3.05, 3.63) is 35.4 Å². The Kier molecular flexibility index (Phi) is 4.27. The Balaban J connectivity index is 2.01. The summed E-state index contributed by atoms with van der Waals surface area (Å²) in [6, 6.07) is 11.2. The van der Waals surface area contributed by atoms with E-state index in [1.165, 1.54) is 11.1 Å². The molecule has 0 radical (unpaired) electrons. The molecule has 102 valence electrons. The van der Waals surface area contributed by atoms with Crippen LogP contribution in [-0.4, -0.2) is 17.0 Å². The number of benzene rings is 1. The van der Waals surface area contributed by atoms with E-state index in [9.17, 15) is 0 Å². The van der Waals surface area contributed by atoms with Gasteiger partial charge in [-0.05, 0) is 51.6 Å². The summed E-state index contributed by atoms with van der Waals surface area (Å²) in [4.78, 5) is 2.56. The van der Waals surface area contributed by atoms with E-state index >= 15 is 0 Å². The van der Waals surface area contributed by atoms with Crippen molar-refractivity contribution in [1.82, 2.24) is 4.90 Å². The topological polar surface area (TPSA) is 27.0 Å². The number of nitrogens with zero attached hydrogens (tertiary/aromatic N) is 2. The van der Waals surface area contributed by atoms with Gasteiger partial charge in [0.05, 0.1) is 6.07 Å². The van der Waals surface area contributed by atoms with Crippen LogP contribution in [0.5, 0.6) is 0 Å². The molecule has 1 aliphatic rings. The Bertz CT molecular complexity index is 453. The summed E-state index contributed by atoms with van der Waals surface area (Å²) in [5, 5.41) is 8.85. The standard InChI is InChI=1S/C17H24N2/c1-14-4-6-16(7-5-14)13-19-11-9-15(8-10-18)12-17(19,2)3/h4-7,15H,8-9,11-13H2,1-3H3. The molecule has 0 bridgehead atoms. The third kappa shape index (κ3) is 3.58. The van der Waals surface area contributed by atoms with Crippen molar-refractivity contribution in [2.24, 2.45) is 5.92 Å². The van der Waals surface area contributed by atoms with Crippen LogP contribution in [0.3, 0.4) is 0 Å². The molecule has 0 saturated carbocycles. The maximum Gasteiger partial charge on any atom is 0.0624 e. The van der Waals surface area contributed by atoms with Crippen LogP contribution in [0.4, 0.5) is 0 Å². The van der Waals surface area contributed by atoms with Crippen LogP contribution in [0.1, 0.15) is 44.2 Å². The summed E-state index contributed by atoms with van der Waals surface area (Å²) in [6.07, 6.45) is 3.00. The average Bonchev–Trinajstić information content (AvgIpc) is 2.35. The first-order valence-corrected chi connectivity index (χ1v) is 7.19. The molecule has 1 aromatic rings. The number of nitriles is 1. The van der Waals surface area contributed by atoms with Crippen molar-refractivity contribution in [2.75, 3.05) is 6.54 Å². The number of aryl methyl sites for hydroxylation is 1. The molecule has 0 aromatic heterocycles. The van der Waals surface area contributed by atoms with Crippen LogP contribution < -0.4 is 0 Å². The second-order valence-electron chi connectivity index (χ2n) is 6.44. The third-order valence-corrected chi connectivity index (χ3v) is 4.33. The molecule has 0 amide bonds. The lowest BCUT2D eigenvalue weighted by Crippen LogP contribution is -2.49. The molecule has 2 heteroatoms. The summed E-state index contributed by atoms with van der Waals surface area (Å²) in [5.74, 6) is 0.578. The molecule has 2 nitrogen and oxygen atoms in total. The number of likely N-dealkylation sites (tertiary alicyclic amines) is 1. The van der Waals surface area contributed by atoms with Crippen molar-refractivity contribution in [2.45, 2.75) is 52.1 Å². The first-order valence-electron chi connectivity index (χ1n) is 7.19. The molecule has 1 aromatic carbocycles. The first kappa shape index (κ1) is 14.1. The van der Waals surface area contributed by atoms with Gasteiger partial charge in [-0.15, -0.1) is 0 Å². The van der Waals surface area contributed by atoms with E-state index in [1.54, 1.807) is 0 Å². The summed E-state index contributed by atoms with van der Waals surface area (Å²) in [6.45, 7) is 8.87. The van der Waals surface area contributed by atoms with Crippen LogP contribution in [0, 0.1) is 24.2 Å². The fraction of sp³-hybridized carbons (Fsp3) is 0.588. The molecule has 1 saturated heterocycles. The van der Waals surface area contributed by atoms with Crippen molar-refractivity contribution >= 4 is 0 Å². The van der Waals surface area contributed by atoms with Gasteiger partial charge in [-0.25, -0.2) is 0 Å². The zero-order chi connectivity index (χ0) is 13.9. The zero-order valence-corrected chi connectivity index (χ0v) is 12.3. The predicted molar refractivity (Wildman–Crippen MR) is 78.6 cm³/mol. The zero-order valence-electron chi connectivity index (χ0n) is 12.3. The average molecular weight is 256 g/mol. The lowest BCUT2D eigenvalue weighted by Gasteiger charge is -2.45. The molecule has 0 spiro atoms. The van der Waals surface area contributed by atoms with E-state index in [2.05, 4.69) is 56.0 Å². The lowest BCUT2D eigenvalue weighted by atomic mass is 9.81. The van der Waals surface area contributed by atoms with Gasteiger partial charge in [-0.2, -0.15) is 5.26 Å². The molecule has 1 atom stereocenters. The van der Waals surface area contributed by atoms with Gasteiger partial charge in [0.1, 0.15) is 0 Å². The molecule has 2 rings (SSSR count). The van der Waals surface area contributed by atoms with Crippen LogP contribution in [0.2, 0.25) is 0 Å². The summed E-state index contributed by atoms with van der Waals surface area (Å²) >= 11 is 0. The molecule has 1 heterocycles. The Hall–Kier alpha value is -1.33. The smallest absolute Gasteiger partial charge is 0.0624 e. The fourth-order valence-electron chi connectivity index (χ4n) is 3.09. The van der Waals surface area contributed by atoms with E-state index in [0.717, 1.165) is 25.9 Å². The molecule has 19 heavy (non-hydrogen) atoms. The maximum atomic E-state index is 8.85. The number of hydrogen-bond donors (Lipinski definition) is 0. The van der Waals surface area contributed by atoms with E-state index in [-0.39, 0.29) is 5.54 Å². The largest absolute Gasteiger partial charge is 0.294 e. The summed E-state index contributed by atoms with van der Waals surface area (Å²) < 4.78 is 0. The van der Waals surface area contributed by atoms with Gasteiger partial charge in [0.2, 0.25) is 0 Å². The molecule has 1 aliphatic heterocycles. The van der Waals surface area contributed by atoms with E-state index in [1.807, 2.05) is 0 Å². The highest BCUT2D eigenvalue weighted by Gasteiger charge is 2.34. The van der Waals surface area contributed by atoms with E-state index in [0.29, 0.717) is 12.3 Å². The minimum atomic E-state index is 0.199. The Morgan fingerprint density at radius 1 is 1.32 bits per heavy atom. The van der Waals surface area contributed by atoms with Crippen molar-refractivity contribution in [3.63, 3.8) is 0 Å². The van der Waals surface area contributed by atoms with Gasteiger partial charge in [0, 0.05) is 18.5 Å². The van der Waals surface area contributed by atoms with Crippen LogP contribution >= 0.6 is 0 Å². The number of rotatable bonds is 3. The monoisotopic (exact) mass is 256 g/mol. The van der Waals surface area contributed by atoms with E-state index in [4.69, 9.17) is 5.26 Å². The van der Waals surface area contributed by atoms with Crippen LogP contribution in [-0.2, 0) is 6.54 Å². The summed E-state index contributed by atoms with van der Waals surface area (Å²) in [7, 11) is 0. The van der Waals surface area contributed by atoms with Crippen molar-refractivity contribution in [3.8, 4) is 6.07 Å². The van der Waals surface area contributed by atoms with Crippen LogP contribution in [0.15, 0.2) is 24.3 Å². The van der Waals surface area contributed by atoms with Gasteiger partial charge >= 0.3 is 0 Å². The highest BCUT2D eigenvalue weighted by atomic mass is 15.2.